The second kappa shape index (κ2) is 8.95. The number of thiophene rings is 1. The molecule has 2 aromatic carbocycles. The second-order valence-corrected chi connectivity index (χ2v) is 8.25. The number of carbonyl (C=O) groups is 1. The first-order valence-electron chi connectivity index (χ1n) is 9.39. The molecule has 2 heterocycles. The molecule has 0 radical (unpaired) electrons. The van der Waals surface area contributed by atoms with Gasteiger partial charge in [0.25, 0.3) is 0 Å². The van der Waals surface area contributed by atoms with E-state index >= 15 is 0 Å². The van der Waals surface area contributed by atoms with Crippen molar-refractivity contribution in [1.82, 2.24) is 4.90 Å². The third kappa shape index (κ3) is 4.49. The molecule has 1 saturated heterocycles. The van der Waals surface area contributed by atoms with Crippen LogP contribution in [-0.4, -0.2) is 48.7 Å². The number of fused-ring (bicyclic) bond motifs is 1. The fraction of sp³-hybridized carbons (Fsp3) is 0.318. The Morgan fingerprint density at radius 2 is 1.79 bits per heavy atom. The predicted molar refractivity (Wildman–Crippen MR) is 120 cm³/mol. The van der Waals surface area contributed by atoms with E-state index in [1.54, 1.807) is 0 Å². The van der Waals surface area contributed by atoms with E-state index < -0.39 is 5.97 Å². The molecule has 1 N–H and O–H groups in total. The Hall–Kier alpha value is -2.08. The van der Waals surface area contributed by atoms with Crippen LogP contribution in [0.2, 0.25) is 0 Å². The quantitative estimate of drug-likeness (QED) is 0.655. The molecule has 28 heavy (non-hydrogen) atoms. The molecule has 0 aliphatic carbocycles. The molecular weight excluding hydrogens is 392 g/mol. The summed E-state index contributed by atoms with van der Waals surface area (Å²) in [5.74, 6) is -0.844. The SMILES string of the molecule is Cc1ccc(CCN2CCN(c3cccc4sc(C(=O)O)cc34)CC2)cc1.Cl. The summed E-state index contributed by atoms with van der Waals surface area (Å²) in [7, 11) is 0. The number of hydrogen-bond acceptors (Lipinski definition) is 4. The van der Waals surface area contributed by atoms with Crippen LogP contribution in [0, 0.1) is 6.92 Å². The van der Waals surface area contributed by atoms with Gasteiger partial charge in [-0.05, 0) is 37.1 Å². The summed E-state index contributed by atoms with van der Waals surface area (Å²) in [6, 6.07) is 16.8. The van der Waals surface area contributed by atoms with Crippen LogP contribution < -0.4 is 4.90 Å². The fourth-order valence-electron chi connectivity index (χ4n) is 3.68. The van der Waals surface area contributed by atoms with E-state index in [4.69, 9.17) is 0 Å². The van der Waals surface area contributed by atoms with E-state index in [0.29, 0.717) is 4.88 Å². The number of carboxylic acids is 1. The molecule has 3 aromatic rings. The summed E-state index contributed by atoms with van der Waals surface area (Å²) in [4.78, 5) is 16.6. The molecule has 6 heteroatoms. The van der Waals surface area contributed by atoms with Crippen molar-refractivity contribution < 1.29 is 9.90 Å². The topological polar surface area (TPSA) is 43.8 Å². The van der Waals surface area contributed by atoms with Crippen LogP contribution in [0.15, 0.2) is 48.5 Å². The smallest absolute Gasteiger partial charge is 0.345 e. The van der Waals surface area contributed by atoms with Crippen LogP contribution >= 0.6 is 23.7 Å². The summed E-state index contributed by atoms with van der Waals surface area (Å²) in [6.07, 6.45) is 1.09. The first kappa shape index (κ1) is 20.6. The van der Waals surface area contributed by atoms with Gasteiger partial charge in [-0.1, -0.05) is 35.9 Å². The van der Waals surface area contributed by atoms with Gasteiger partial charge in [0.1, 0.15) is 4.88 Å². The molecule has 0 saturated carbocycles. The van der Waals surface area contributed by atoms with Crippen molar-refractivity contribution >= 4 is 45.5 Å². The van der Waals surface area contributed by atoms with Gasteiger partial charge in [-0.15, -0.1) is 23.7 Å². The molecule has 4 rings (SSSR count). The molecule has 0 spiro atoms. The number of piperazine rings is 1. The third-order valence-electron chi connectivity index (χ3n) is 5.30. The monoisotopic (exact) mass is 416 g/mol. The fourth-order valence-corrected chi connectivity index (χ4v) is 4.60. The zero-order valence-electron chi connectivity index (χ0n) is 15.9. The minimum absolute atomic E-state index is 0. The van der Waals surface area contributed by atoms with Crippen molar-refractivity contribution in [3.05, 3.63) is 64.5 Å². The Balaban J connectivity index is 0.00000225. The maximum Gasteiger partial charge on any atom is 0.345 e. The normalized spacial score (nSPS) is 14.8. The first-order chi connectivity index (χ1) is 13.1. The van der Waals surface area contributed by atoms with Gasteiger partial charge in [0, 0.05) is 48.5 Å². The number of rotatable bonds is 5. The number of hydrogen-bond donors (Lipinski definition) is 1. The van der Waals surface area contributed by atoms with E-state index in [2.05, 4.69) is 47.1 Å². The Morgan fingerprint density at radius 3 is 2.46 bits per heavy atom. The van der Waals surface area contributed by atoms with Crippen LogP contribution in [0.5, 0.6) is 0 Å². The molecule has 1 fully saturated rings. The number of aryl methyl sites for hydroxylation is 1. The van der Waals surface area contributed by atoms with Gasteiger partial charge in [0.2, 0.25) is 0 Å². The van der Waals surface area contributed by atoms with E-state index in [1.807, 2.05) is 18.2 Å². The van der Waals surface area contributed by atoms with E-state index in [-0.39, 0.29) is 12.4 Å². The molecule has 0 amide bonds. The number of benzene rings is 2. The maximum absolute atomic E-state index is 11.3. The zero-order valence-corrected chi connectivity index (χ0v) is 17.6. The molecule has 0 bridgehead atoms. The van der Waals surface area contributed by atoms with Gasteiger partial charge in [0.05, 0.1) is 0 Å². The van der Waals surface area contributed by atoms with Crippen molar-refractivity contribution in [3.8, 4) is 0 Å². The Kier molecular flexibility index (Phi) is 6.60. The Labute approximate surface area is 175 Å². The molecule has 0 atom stereocenters. The second-order valence-electron chi connectivity index (χ2n) is 7.17. The minimum atomic E-state index is -0.844. The van der Waals surface area contributed by atoms with Crippen LogP contribution in [-0.2, 0) is 6.42 Å². The van der Waals surface area contributed by atoms with E-state index in [0.717, 1.165) is 54.9 Å². The molecule has 148 valence electrons. The summed E-state index contributed by atoms with van der Waals surface area (Å²) in [6.45, 7) is 7.24. The number of anilines is 1. The van der Waals surface area contributed by atoms with Crippen molar-refractivity contribution in [2.45, 2.75) is 13.3 Å². The highest BCUT2D eigenvalue weighted by Crippen LogP contribution is 2.33. The lowest BCUT2D eigenvalue weighted by molar-refractivity contribution is 0.0702. The number of halogens is 1. The molecule has 1 aliphatic heterocycles. The van der Waals surface area contributed by atoms with E-state index in [1.165, 1.54) is 22.5 Å². The lowest BCUT2D eigenvalue weighted by Crippen LogP contribution is -2.47. The van der Waals surface area contributed by atoms with Gasteiger partial charge in [0.15, 0.2) is 0 Å². The number of aromatic carboxylic acids is 1. The third-order valence-corrected chi connectivity index (χ3v) is 6.39. The van der Waals surface area contributed by atoms with Gasteiger partial charge in [-0.2, -0.15) is 0 Å². The van der Waals surface area contributed by atoms with Crippen LogP contribution in [0.1, 0.15) is 20.8 Å². The molecule has 1 aliphatic rings. The summed E-state index contributed by atoms with van der Waals surface area (Å²) in [5.41, 5.74) is 3.86. The van der Waals surface area contributed by atoms with Crippen molar-refractivity contribution in [2.24, 2.45) is 0 Å². The number of carboxylic acid groups (broad SMARTS) is 1. The number of nitrogens with zero attached hydrogens (tertiary/aromatic N) is 2. The molecular formula is C22H25ClN2O2S. The highest BCUT2D eigenvalue weighted by molar-refractivity contribution is 7.20. The maximum atomic E-state index is 11.3. The van der Waals surface area contributed by atoms with Crippen molar-refractivity contribution in [3.63, 3.8) is 0 Å². The van der Waals surface area contributed by atoms with Crippen molar-refractivity contribution in [2.75, 3.05) is 37.6 Å². The Morgan fingerprint density at radius 1 is 1.07 bits per heavy atom. The lowest BCUT2D eigenvalue weighted by Gasteiger charge is -2.36. The predicted octanol–water partition coefficient (Wildman–Crippen LogP) is 4.69. The average molecular weight is 417 g/mol. The van der Waals surface area contributed by atoms with Gasteiger partial charge in [-0.25, -0.2) is 4.79 Å². The summed E-state index contributed by atoms with van der Waals surface area (Å²) < 4.78 is 1.05. The van der Waals surface area contributed by atoms with Gasteiger partial charge in [-0.3, -0.25) is 4.90 Å². The zero-order chi connectivity index (χ0) is 18.8. The largest absolute Gasteiger partial charge is 0.477 e. The first-order valence-corrected chi connectivity index (χ1v) is 10.2. The van der Waals surface area contributed by atoms with Crippen molar-refractivity contribution in [1.29, 1.82) is 0 Å². The average Bonchev–Trinajstić information content (AvgIpc) is 3.13. The van der Waals surface area contributed by atoms with Crippen LogP contribution in [0.4, 0.5) is 5.69 Å². The standard InChI is InChI=1S/C22H24N2O2S.ClH/c1-16-5-7-17(8-6-16)9-10-23-11-13-24(14-12-23)19-3-2-4-20-18(19)15-21(27-20)22(25)26;/h2-8,15H,9-14H2,1H3,(H,25,26);1H. The molecule has 0 unspecified atom stereocenters. The highest BCUT2D eigenvalue weighted by atomic mass is 35.5. The van der Waals surface area contributed by atoms with Gasteiger partial charge < -0.3 is 10.0 Å². The lowest BCUT2D eigenvalue weighted by atomic mass is 10.1. The summed E-state index contributed by atoms with van der Waals surface area (Å²) in [5, 5.41) is 10.3. The minimum Gasteiger partial charge on any atom is -0.477 e. The Bertz CT molecular complexity index is 947. The molecule has 4 nitrogen and oxygen atoms in total. The van der Waals surface area contributed by atoms with E-state index in [9.17, 15) is 9.90 Å². The highest BCUT2D eigenvalue weighted by Gasteiger charge is 2.20. The summed E-state index contributed by atoms with van der Waals surface area (Å²) >= 11 is 1.35. The van der Waals surface area contributed by atoms with Crippen LogP contribution in [0.25, 0.3) is 10.1 Å². The van der Waals surface area contributed by atoms with Crippen LogP contribution in [0.3, 0.4) is 0 Å². The van der Waals surface area contributed by atoms with Gasteiger partial charge >= 0.3 is 5.97 Å². The molecule has 1 aromatic heterocycles.